The molecule has 754 valence electrons. The van der Waals surface area contributed by atoms with Crippen molar-refractivity contribution >= 4 is 165 Å². The molecule has 48 heteroatoms. The van der Waals surface area contributed by atoms with E-state index in [-0.39, 0.29) is 98.2 Å². The van der Waals surface area contributed by atoms with Crippen molar-refractivity contribution in [2.45, 2.75) is 104 Å². The highest BCUT2D eigenvalue weighted by atomic mass is 16.6. The third-order valence-electron chi connectivity index (χ3n) is 22.3. The van der Waals surface area contributed by atoms with E-state index in [4.69, 9.17) is 21.3 Å². The Kier molecular flexibility index (Phi) is 41.9. The van der Waals surface area contributed by atoms with Gasteiger partial charge in [-0.25, -0.2) is 19.5 Å². The normalized spacial score (nSPS) is 12.7. The number of carboxylic acid groups (broad SMARTS) is 1. The number of aliphatic carboxylic acids is 1. The summed E-state index contributed by atoms with van der Waals surface area (Å²) in [5.74, 6) is -14.9. The Morgan fingerprint density at radius 2 is 1.05 bits per heavy atom. The lowest BCUT2D eigenvalue weighted by Crippen LogP contribution is -2.54. The van der Waals surface area contributed by atoms with Crippen molar-refractivity contribution in [1.29, 1.82) is 0 Å². The Labute approximate surface area is 807 Å². The topological polar surface area (TPSA) is 617 Å². The van der Waals surface area contributed by atoms with Crippen LogP contribution in [-0.4, -0.2) is 380 Å². The average molecular weight is 1950 g/mol. The van der Waals surface area contributed by atoms with Crippen LogP contribution in [0.4, 0.5) is 32.3 Å². The number of pyridine rings is 1. The van der Waals surface area contributed by atoms with Gasteiger partial charge in [-0.05, 0) is 103 Å². The standard InChI is InChI=1S/C92H122N24O24/c1-14-32-114(33-15-2)90(137)60-35-58-20-21-59(37-68(58)102-69(93)38-60)86(133)101-63-36-61-44-115(34-30-66(61)96-40-63)92(139)140-54-56-18-24-62(25-19-56)100-88(135)67(17-16-31-95-91(94)138)103-89(136)85(55(3)4)104-70(117)27-23-57-22-26-64(116-73(120)28-29-74(116)121)39-65(57)87(134)99-42-72(119)97-41-71(118)98-43-75(122)105(5)45-76(123)106(6)46-77(124)107(7)47-78(125)108(8)48-79(126)109(9)49-80(127)110(10)50-81(128)111(11)51-82(129)112(12)52-83(130)113(13)53-84(131)132/h18-22,24-26,28-29,35-37,39-40,55,67,85H,14-17,23,27,30-34,38,41-54H2,1-13H3,(H2,93,102)(H,97,119)(H,98,118)(H,99,134)(H,100,135)(H,101,133)(H,103,136)(H,104,117)(H,131,132)(H3,94,95,138)/t67-,85-/m0/s1. The minimum absolute atomic E-state index is 0.0205. The van der Waals surface area contributed by atoms with Crippen LogP contribution in [0.3, 0.4) is 0 Å². The number of aryl methyl sites for hydroxylation is 1. The monoisotopic (exact) mass is 1950 g/mol. The Balaban J connectivity index is 0.835. The molecule has 7 rings (SSSR count). The number of hydrogen-bond donors (Lipinski definition) is 11. The third kappa shape index (κ3) is 34.0. The highest BCUT2D eigenvalue weighted by molar-refractivity contribution is 6.28. The van der Waals surface area contributed by atoms with E-state index in [0.29, 0.717) is 53.1 Å². The SMILES string of the molecule is CCCN(CCC)C(=O)C1=Cc2ccc(C(=O)Nc3cnc4c(c3)CN(C(=O)OCc3ccc(NC(=O)[C@H](CCCNC(N)=O)NC(=O)[C@@H](NC(=O)CCc5ccc(N6C(=O)C=CC6=O)cc5C(=O)NCC(=O)NCC(=O)NCC(=O)N(C)CC(=O)N(C)CC(=O)N(C)CC(=O)N(C)CC(=O)N(C)CC(=O)N(C)CC(=O)N(C)CC(=O)N(C)CC(=O)N(C)CC(=O)O)C(C)C)cc3)CC4)cc2N=C(N)C1. The number of anilines is 3. The number of imide groups is 1. The molecule has 13 N–H and O–H groups in total. The lowest BCUT2D eigenvalue weighted by Gasteiger charge is -2.28. The number of carbonyl (C=O) groups excluding carboxylic acids is 21. The molecule has 0 spiro atoms. The van der Waals surface area contributed by atoms with E-state index in [2.05, 4.69) is 52.5 Å². The predicted molar refractivity (Wildman–Crippen MR) is 506 cm³/mol. The van der Waals surface area contributed by atoms with Gasteiger partial charge in [-0.1, -0.05) is 52.0 Å². The molecule has 2 atom stereocenters. The number of fused-ring (bicyclic) bond motifs is 2. The first kappa shape index (κ1) is 111. The van der Waals surface area contributed by atoms with Crippen LogP contribution in [0, 0.1) is 5.92 Å². The third-order valence-corrected chi connectivity index (χ3v) is 22.3. The van der Waals surface area contributed by atoms with Gasteiger partial charge < -0.3 is 118 Å². The average Bonchev–Trinajstić information content (AvgIpc) is 1.64. The number of hydrogen-bond acceptors (Lipinski definition) is 26. The number of primary amides is 1. The second kappa shape index (κ2) is 52.8. The predicted octanol–water partition coefficient (Wildman–Crippen LogP) is -2.30. The second-order valence-electron chi connectivity index (χ2n) is 34.1. The number of nitrogens with one attached hydrogen (secondary N) is 8. The van der Waals surface area contributed by atoms with Crippen LogP contribution in [0.5, 0.6) is 0 Å². The number of rotatable bonds is 48. The fourth-order valence-corrected chi connectivity index (χ4v) is 14.0. The van der Waals surface area contributed by atoms with Gasteiger partial charge in [0, 0.05) is 155 Å². The molecule has 0 saturated carbocycles. The minimum Gasteiger partial charge on any atom is -0.480 e. The highest BCUT2D eigenvalue weighted by Gasteiger charge is 2.34. The Hall–Kier alpha value is -16.1. The number of benzene rings is 3. The van der Waals surface area contributed by atoms with Crippen molar-refractivity contribution in [2.24, 2.45) is 22.4 Å². The van der Waals surface area contributed by atoms with Gasteiger partial charge in [0.05, 0.1) is 102 Å². The number of nitrogens with two attached hydrogens (primary N) is 2. The maximum Gasteiger partial charge on any atom is 0.410 e. The number of nitrogens with zero attached hydrogens (tertiary/aromatic N) is 14. The fourth-order valence-electron chi connectivity index (χ4n) is 14.0. The number of carbonyl (C=O) groups is 22. The van der Waals surface area contributed by atoms with Crippen LogP contribution in [0.25, 0.3) is 6.08 Å². The first-order valence-corrected chi connectivity index (χ1v) is 44.7. The lowest BCUT2D eigenvalue weighted by molar-refractivity contribution is -0.147. The summed E-state index contributed by atoms with van der Waals surface area (Å²) in [6, 6.07) is 13.6. The van der Waals surface area contributed by atoms with Crippen LogP contribution < -0.4 is 58.9 Å². The molecule has 1 aromatic heterocycles. The van der Waals surface area contributed by atoms with Gasteiger partial charge in [-0.15, -0.1) is 0 Å². The summed E-state index contributed by atoms with van der Waals surface area (Å²) in [5, 5.41) is 29.4. The van der Waals surface area contributed by atoms with Gasteiger partial charge in [-0.2, -0.15) is 0 Å². The molecule has 4 heterocycles. The van der Waals surface area contributed by atoms with E-state index in [1.54, 1.807) is 73.4 Å². The van der Waals surface area contributed by atoms with Crippen molar-refractivity contribution in [3.05, 3.63) is 130 Å². The van der Waals surface area contributed by atoms with Gasteiger partial charge in [0.1, 0.15) is 31.1 Å². The maximum absolute atomic E-state index is 14.2. The first-order chi connectivity index (χ1) is 66.1. The molecule has 48 nitrogen and oxygen atoms in total. The lowest BCUT2D eigenvalue weighted by atomic mass is 9.99. The number of ether oxygens (including phenoxy) is 1. The molecule has 0 radical (unpaired) electrons. The highest BCUT2D eigenvalue weighted by Crippen LogP contribution is 2.31. The number of likely N-dealkylation sites (N-methyl/N-ethyl adjacent to an activating group) is 9. The molecular weight excluding hydrogens is 1830 g/mol. The van der Waals surface area contributed by atoms with E-state index in [1.165, 1.54) is 92.7 Å². The molecule has 0 aliphatic carbocycles. The summed E-state index contributed by atoms with van der Waals surface area (Å²) < 4.78 is 5.71. The van der Waals surface area contributed by atoms with Crippen molar-refractivity contribution in [3.8, 4) is 0 Å². The second-order valence-corrected chi connectivity index (χ2v) is 34.1. The number of amides is 22. The van der Waals surface area contributed by atoms with E-state index in [9.17, 15) is 105 Å². The summed E-state index contributed by atoms with van der Waals surface area (Å²) in [7, 11) is 11.4. The Morgan fingerprint density at radius 1 is 0.543 bits per heavy atom. The van der Waals surface area contributed by atoms with Crippen LogP contribution in [-0.2, 0) is 117 Å². The van der Waals surface area contributed by atoms with Crippen LogP contribution in [0.1, 0.15) is 115 Å². The van der Waals surface area contributed by atoms with Gasteiger partial charge >= 0.3 is 18.1 Å². The molecule has 3 aliphatic heterocycles. The van der Waals surface area contributed by atoms with E-state index < -0.39 is 221 Å². The quantitative estimate of drug-likeness (QED) is 0.0164. The van der Waals surface area contributed by atoms with Gasteiger partial charge in [0.15, 0.2) is 0 Å². The minimum atomic E-state index is -1.27. The molecule has 4 aromatic rings. The number of amidine groups is 1. The van der Waals surface area contributed by atoms with Crippen molar-refractivity contribution in [3.63, 3.8) is 0 Å². The van der Waals surface area contributed by atoms with Crippen LogP contribution >= 0.6 is 0 Å². The van der Waals surface area contributed by atoms with Crippen LogP contribution in [0.2, 0.25) is 0 Å². The summed E-state index contributed by atoms with van der Waals surface area (Å²) in [5.41, 5.74) is 16.0. The molecule has 0 saturated heterocycles. The summed E-state index contributed by atoms with van der Waals surface area (Å²) in [4.78, 5) is 310. The molecule has 0 bridgehead atoms. The molecule has 3 aromatic carbocycles. The maximum atomic E-state index is 14.2. The molecule has 22 amide bonds. The Bertz CT molecular complexity index is 5460. The molecule has 140 heavy (non-hydrogen) atoms. The number of carboxylic acids is 1. The van der Waals surface area contributed by atoms with Gasteiger partial charge in [0.2, 0.25) is 88.6 Å². The summed E-state index contributed by atoms with van der Waals surface area (Å²) in [6.07, 6.45) is 6.36. The van der Waals surface area contributed by atoms with E-state index in [0.717, 1.165) is 79.7 Å². The molecule has 3 aliphatic rings. The summed E-state index contributed by atoms with van der Waals surface area (Å²) >= 11 is 0. The molecular formula is C92H122N24O24. The zero-order chi connectivity index (χ0) is 104. The fraction of sp³-hybridized carbons (Fsp3) is 0.457. The number of aliphatic imine (C=N–C) groups is 1. The zero-order valence-corrected chi connectivity index (χ0v) is 80.5. The molecule has 0 unspecified atom stereocenters. The van der Waals surface area contributed by atoms with Gasteiger partial charge in [0.25, 0.3) is 23.6 Å². The summed E-state index contributed by atoms with van der Waals surface area (Å²) in [6.45, 7) is 1.76. The van der Waals surface area contributed by atoms with Crippen molar-refractivity contribution in [2.75, 3.05) is 184 Å². The zero-order valence-electron chi connectivity index (χ0n) is 80.5. The van der Waals surface area contributed by atoms with Crippen LogP contribution in [0.15, 0.2) is 95.6 Å². The first-order valence-electron chi connectivity index (χ1n) is 44.7. The van der Waals surface area contributed by atoms with E-state index in [1.807, 2.05) is 13.8 Å². The number of aromatic nitrogens is 1. The van der Waals surface area contributed by atoms with Crippen molar-refractivity contribution < 1.29 is 115 Å². The largest absolute Gasteiger partial charge is 0.480 e. The Morgan fingerprint density at radius 3 is 1.56 bits per heavy atom. The van der Waals surface area contributed by atoms with E-state index >= 15 is 0 Å². The van der Waals surface area contributed by atoms with Gasteiger partial charge in [-0.3, -0.25) is 101 Å². The molecule has 0 fully saturated rings. The van der Waals surface area contributed by atoms with Crippen molar-refractivity contribution in [1.82, 2.24) is 90.8 Å². The smallest absolute Gasteiger partial charge is 0.410 e. The number of urea groups is 1.